The smallest absolute Gasteiger partial charge is 0.232 e. The van der Waals surface area contributed by atoms with Gasteiger partial charge in [-0.05, 0) is 52.2 Å². The van der Waals surface area contributed by atoms with E-state index < -0.39 is 0 Å². The first-order valence-electron chi connectivity index (χ1n) is 8.62. The SMILES string of the molecule is Cc1ccccc1CN1CC(c2nc(-c3ccc(F)c(Br)c3)no2)CC1=O. The highest BCUT2D eigenvalue weighted by Gasteiger charge is 2.34. The predicted molar refractivity (Wildman–Crippen MR) is 101 cm³/mol. The molecule has 3 aromatic rings. The lowest BCUT2D eigenvalue weighted by atomic mass is 10.1. The molecule has 2 aromatic carbocycles. The summed E-state index contributed by atoms with van der Waals surface area (Å²) in [5.41, 5.74) is 2.95. The van der Waals surface area contributed by atoms with Gasteiger partial charge in [0.05, 0.1) is 10.4 Å². The highest BCUT2D eigenvalue weighted by molar-refractivity contribution is 9.10. The fourth-order valence-corrected chi connectivity index (χ4v) is 3.62. The van der Waals surface area contributed by atoms with Crippen molar-refractivity contribution in [2.45, 2.75) is 25.8 Å². The van der Waals surface area contributed by atoms with Gasteiger partial charge in [-0.15, -0.1) is 0 Å². The van der Waals surface area contributed by atoms with E-state index in [9.17, 15) is 9.18 Å². The van der Waals surface area contributed by atoms with Crippen molar-refractivity contribution in [2.75, 3.05) is 6.54 Å². The zero-order chi connectivity index (χ0) is 19.0. The zero-order valence-corrected chi connectivity index (χ0v) is 16.2. The molecule has 0 spiro atoms. The molecule has 138 valence electrons. The monoisotopic (exact) mass is 429 g/mol. The van der Waals surface area contributed by atoms with Crippen LogP contribution in [-0.4, -0.2) is 27.5 Å². The van der Waals surface area contributed by atoms with Gasteiger partial charge < -0.3 is 9.42 Å². The number of amides is 1. The van der Waals surface area contributed by atoms with Crippen molar-refractivity contribution in [1.29, 1.82) is 0 Å². The molecule has 7 heteroatoms. The van der Waals surface area contributed by atoms with Gasteiger partial charge in [-0.25, -0.2) is 4.39 Å². The van der Waals surface area contributed by atoms with Gasteiger partial charge in [0.2, 0.25) is 17.6 Å². The Labute approximate surface area is 164 Å². The predicted octanol–water partition coefficient (Wildman–Crippen LogP) is 4.46. The number of nitrogens with zero attached hydrogens (tertiary/aromatic N) is 3. The van der Waals surface area contributed by atoms with E-state index in [1.165, 1.54) is 6.07 Å². The number of rotatable bonds is 4. The van der Waals surface area contributed by atoms with Gasteiger partial charge in [-0.3, -0.25) is 4.79 Å². The Morgan fingerprint density at radius 2 is 2.11 bits per heavy atom. The molecule has 0 N–H and O–H groups in total. The lowest BCUT2D eigenvalue weighted by Gasteiger charge is -2.17. The third kappa shape index (κ3) is 3.64. The molecule has 2 heterocycles. The summed E-state index contributed by atoms with van der Waals surface area (Å²) >= 11 is 3.16. The molecule has 1 aliphatic rings. The van der Waals surface area contributed by atoms with Crippen LogP contribution in [0.1, 0.15) is 29.4 Å². The number of carbonyl (C=O) groups excluding carboxylic acids is 1. The number of likely N-dealkylation sites (tertiary alicyclic amines) is 1. The molecular formula is C20H17BrFN3O2. The van der Waals surface area contributed by atoms with Crippen LogP contribution in [0, 0.1) is 12.7 Å². The van der Waals surface area contributed by atoms with Crippen molar-refractivity contribution >= 4 is 21.8 Å². The third-order valence-corrected chi connectivity index (χ3v) is 5.41. The highest BCUT2D eigenvalue weighted by Crippen LogP contribution is 2.30. The standard InChI is InChI=1S/C20H17BrFN3O2/c1-12-4-2-3-5-14(12)10-25-11-15(9-18(25)26)20-23-19(24-27-20)13-6-7-17(22)16(21)8-13/h2-8,15H,9-11H2,1H3. The Morgan fingerprint density at radius 1 is 1.30 bits per heavy atom. The first-order chi connectivity index (χ1) is 13.0. The van der Waals surface area contributed by atoms with E-state index in [1.807, 2.05) is 36.1 Å². The van der Waals surface area contributed by atoms with Crippen molar-refractivity contribution < 1.29 is 13.7 Å². The van der Waals surface area contributed by atoms with Crippen LogP contribution < -0.4 is 0 Å². The van der Waals surface area contributed by atoms with Gasteiger partial charge >= 0.3 is 0 Å². The van der Waals surface area contributed by atoms with Gasteiger partial charge in [0.15, 0.2) is 0 Å². The Morgan fingerprint density at radius 3 is 2.89 bits per heavy atom. The van der Waals surface area contributed by atoms with Gasteiger partial charge in [0, 0.05) is 25.1 Å². The molecule has 1 amide bonds. The molecule has 1 aromatic heterocycles. The Hall–Kier alpha value is -2.54. The summed E-state index contributed by atoms with van der Waals surface area (Å²) in [6.45, 7) is 3.16. The van der Waals surface area contributed by atoms with Crippen LogP contribution in [0.2, 0.25) is 0 Å². The second kappa shape index (κ2) is 7.23. The van der Waals surface area contributed by atoms with Crippen molar-refractivity contribution in [3.8, 4) is 11.4 Å². The summed E-state index contributed by atoms with van der Waals surface area (Å²) in [6, 6.07) is 12.6. The van der Waals surface area contributed by atoms with Crippen LogP contribution >= 0.6 is 15.9 Å². The summed E-state index contributed by atoms with van der Waals surface area (Å²) in [5.74, 6) is 0.413. The second-order valence-corrected chi connectivity index (χ2v) is 7.54. The van der Waals surface area contributed by atoms with Crippen LogP contribution in [0.3, 0.4) is 0 Å². The number of aromatic nitrogens is 2. The van der Waals surface area contributed by atoms with Gasteiger partial charge in [-0.1, -0.05) is 29.4 Å². The number of halogens is 2. The Kier molecular flexibility index (Phi) is 4.78. The summed E-state index contributed by atoms with van der Waals surface area (Å²) in [4.78, 5) is 18.7. The molecule has 0 radical (unpaired) electrons. The number of carbonyl (C=O) groups is 1. The molecule has 0 bridgehead atoms. The Bertz CT molecular complexity index is 1000. The van der Waals surface area contributed by atoms with Gasteiger partial charge in [0.1, 0.15) is 5.82 Å². The molecular weight excluding hydrogens is 413 g/mol. The summed E-state index contributed by atoms with van der Waals surface area (Å²) in [5, 5.41) is 3.99. The normalized spacial score (nSPS) is 16.9. The summed E-state index contributed by atoms with van der Waals surface area (Å²) < 4.78 is 19.1. The molecule has 1 aliphatic heterocycles. The average Bonchev–Trinajstić information content (AvgIpc) is 3.27. The largest absolute Gasteiger partial charge is 0.339 e. The lowest BCUT2D eigenvalue weighted by Crippen LogP contribution is -2.24. The average molecular weight is 430 g/mol. The number of benzene rings is 2. The van der Waals surface area contributed by atoms with Gasteiger partial charge in [0.25, 0.3) is 0 Å². The molecule has 0 aliphatic carbocycles. The maximum absolute atomic E-state index is 13.4. The van der Waals surface area contributed by atoms with E-state index in [4.69, 9.17) is 4.52 Å². The van der Waals surface area contributed by atoms with E-state index in [0.29, 0.717) is 41.3 Å². The molecule has 5 nitrogen and oxygen atoms in total. The first-order valence-corrected chi connectivity index (χ1v) is 9.42. The summed E-state index contributed by atoms with van der Waals surface area (Å²) in [7, 11) is 0. The summed E-state index contributed by atoms with van der Waals surface area (Å²) in [6.07, 6.45) is 0.348. The molecule has 1 atom stereocenters. The van der Waals surface area contributed by atoms with Crippen molar-refractivity contribution in [2.24, 2.45) is 0 Å². The molecule has 0 saturated carbocycles. The van der Waals surface area contributed by atoms with Crippen molar-refractivity contribution in [3.63, 3.8) is 0 Å². The van der Waals surface area contributed by atoms with E-state index in [2.05, 4.69) is 26.1 Å². The van der Waals surface area contributed by atoms with Crippen LogP contribution in [0.25, 0.3) is 11.4 Å². The van der Waals surface area contributed by atoms with Crippen molar-refractivity contribution in [1.82, 2.24) is 15.0 Å². The number of hydrogen-bond donors (Lipinski definition) is 0. The first kappa shape index (κ1) is 17.9. The fraction of sp³-hybridized carbons (Fsp3) is 0.250. The minimum atomic E-state index is -0.351. The molecule has 27 heavy (non-hydrogen) atoms. The zero-order valence-electron chi connectivity index (χ0n) is 14.7. The highest BCUT2D eigenvalue weighted by atomic mass is 79.9. The molecule has 1 saturated heterocycles. The van der Waals surface area contributed by atoms with Gasteiger partial charge in [-0.2, -0.15) is 4.98 Å². The topological polar surface area (TPSA) is 59.2 Å². The van der Waals surface area contributed by atoms with E-state index in [1.54, 1.807) is 12.1 Å². The molecule has 1 fully saturated rings. The molecule has 4 rings (SSSR count). The Balaban J connectivity index is 1.50. The third-order valence-electron chi connectivity index (χ3n) is 4.81. The number of aryl methyl sites for hydroxylation is 1. The number of hydrogen-bond acceptors (Lipinski definition) is 4. The van der Waals surface area contributed by atoms with E-state index in [0.717, 1.165) is 11.1 Å². The minimum absolute atomic E-state index is 0.0764. The van der Waals surface area contributed by atoms with Crippen LogP contribution in [0.15, 0.2) is 51.5 Å². The minimum Gasteiger partial charge on any atom is -0.339 e. The van der Waals surface area contributed by atoms with Crippen molar-refractivity contribution in [3.05, 3.63) is 69.8 Å². The van der Waals surface area contributed by atoms with Crippen LogP contribution in [0.5, 0.6) is 0 Å². The molecule has 1 unspecified atom stereocenters. The second-order valence-electron chi connectivity index (χ2n) is 6.69. The van der Waals surface area contributed by atoms with Crippen LogP contribution in [0.4, 0.5) is 4.39 Å². The van der Waals surface area contributed by atoms with E-state index in [-0.39, 0.29) is 17.6 Å². The fourth-order valence-electron chi connectivity index (χ4n) is 3.24. The van der Waals surface area contributed by atoms with E-state index >= 15 is 0 Å². The lowest BCUT2D eigenvalue weighted by molar-refractivity contribution is -0.128. The quantitative estimate of drug-likeness (QED) is 0.613. The maximum atomic E-state index is 13.4. The van der Waals surface area contributed by atoms with Crippen LogP contribution in [-0.2, 0) is 11.3 Å². The maximum Gasteiger partial charge on any atom is 0.232 e.